The van der Waals surface area contributed by atoms with Gasteiger partial charge in [-0.2, -0.15) is 9.97 Å². The third kappa shape index (κ3) is 3.60. The summed E-state index contributed by atoms with van der Waals surface area (Å²) in [5.74, 6) is 2.19. The fourth-order valence-electron chi connectivity index (χ4n) is 4.69. The van der Waals surface area contributed by atoms with E-state index in [0.717, 1.165) is 40.2 Å². The molecule has 2 aliphatic heterocycles. The third-order valence-electron chi connectivity index (χ3n) is 6.43. The molecular formula is C23H27N7O3. The van der Waals surface area contributed by atoms with Crippen molar-refractivity contribution in [1.82, 2.24) is 24.9 Å². The van der Waals surface area contributed by atoms with Gasteiger partial charge in [0.2, 0.25) is 5.95 Å². The first kappa shape index (κ1) is 20.4. The van der Waals surface area contributed by atoms with E-state index in [1.54, 1.807) is 0 Å². The Hall–Kier alpha value is -3.21. The van der Waals surface area contributed by atoms with Gasteiger partial charge in [0.1, 0.15) is 5.82 Å². The predicted molar refractivity (Wildman–Crippen MR) is 126 cm³/mol. The maximum absolute atomic E-state index is 9.59. The van der Waals surface area contributed by atoms with Gasteiger partial charge in [0.15, 0.2) is 17.0 Å². The van der Waals surface area contributed by atoms with Crippen molar-refractivity contribution in [3.05, 3.63) is 30.5 Å². The van der Waals surface area contributed by atoms with Crippen molar-refractivity contribution in [2.45, 2.75) is 19.1 Å². The predicted octanol–water partition coefficient (Wildman–Crippen LogP) is 1.92. The summed E-state index contributed by atoms with van der Waals surface area (Å²) in [6.45, 7) is 5.89. The lowest BCUT2D eigenvalue weighted by atomic mass is 10.1. The SMILES string of the molecule is C[C@@H]1COCCN1c1nc(N2CCO[C@H](CO)C2)nc2[nH]c(-c3cccc4[nH]ccc34)nc12. The number of aromatic nitrogens is 5. The minimum absolute atomic E-state index is 0.0268. The lowest BCUT2D eigenvalue weighted by Crippen LogP contribution is -2.46. The zero-order chi connectivity index (χ0) is 22.4. The van der Waals surface area contributed by atoms with E-state index in [9.17, 15) is 5.11 Å². The molecule has 2 fully saturated rings. The second-order valence-electron chi connectivity index (χ2n) is 8.61. The molecule has 33 heavy (non-hydrogen) atoms. The molecule has 0 radical (unpaired) electrons. The molecule has 2 atom stereocenters. The molecule has 10 nitrogen and oxygen atoms in total. The Morgan fingerprint density at radius 3 is 2.97 bits per heavy atom. The summed E-state index contributed by atoms with van der Waals surface area (Å²) in [6, 6.07) is 8.37. The smallest absolute Gasteiger partial charge is 0.229 e. The van der Waals surface area contributed by atoms with Crippen LogP contribution in [-0.2, 0) is 9.47 Å². The number of morpholine rings is 2. The zero-order valence-corrected chi connectivity index (χ0v) is 18.5. The molecule has 0 saturated carbocycles. The van der Waals surface area contributed by atoms with Crippen molar-refractivity contribution in [1.29, 1.82) is 0 Å². The second-order valence-corrected chi connectivity index (χ2v) is 8.61. The number of hydrogen-bond acceptors (Lipinski definition) is 8. The van der Waals surface area contributed by atoms with Crippen LogP contribution in [0.2, 0.25) is 0 Å². The molecular weight excluding hydrogens is 422 g/mol. The number of ether oxygens (including phenoxy) is 2. The molecule has 5 heterocycles. The molecule has 2 saturated heterocycles. The van der Waals surface area contributed by atoms with Crippen LogP contribution < -0.4 is 9.80 Å². The van der Waals surface area contributed by atoms with Gasteiger partial charge in [-0.05, 0) is 19.1 Å². The van der Waals surface area contributed by atoms with Gasteiger partial charge in [0.25, 0.3) is 0 Å². The van der Waals surface area contributed by atoms with Gasteiger partial charge >= 0.3 is 0 Å². The average molecular weight is 450 g/mol. The van der Waals surface area contributed by atoms with Gasteiger partial charge in [-0.15, -0.1) is 0 Å². The molecule has 4 aromatic rings. The highest BCUT2D eigenvalue weighted by Gasteiger charge is 2.28. The van der Waals surface area contributed by atoms with Crippen molar-refractivity contribution in [2.75, 3.05) is 55.9 Å². The first-order valence-corrected chi connectivity index (χ1v) is 11.4. The number of nitrogens with zero attached hydrogens (tertiary/aromatic N) is 5. The number of fused-ring (bicyclic) bond motifs is 2. The van der Waals surface area contributed by atoms with E-state index in [0.29, 0.717) is 44.5 Å². The molecule has 0 spiro atoms. The van der Waals surface area contributed by atoms with Gasteiger partial charge in [-0.1, -0.05) is 12.1 Å². The summed E-state index contributed by atoms with van der Waals surface area (Å²) in [6.07, 6.45) is 1.69. The van der Waals surface area contributed by atoms with E-state index >= 15 is 0 Å². The normalized spacial score (nSPS) is 21.9. The molecule has 1 aromatic carbocycles. The molecule has 172 valence electrons. The van der Waals surface area contributed by atoms with E-state index in [1.807, 2.05) is 12.3 Å². The Morgan fingerprint density at radius 2 is 2.09 bits per heavy atom. The molecule has 0 amide bonds. The summed E-state index contributed by atoms with van der Waals surface area (Å²) < 4.78 is 11.3. The Kier molecular flexibility index (Phi) is 5.12. The van der Waals surface area contributed by atoms with Crippen LogP contribution in [0.3, 0.4) is 0 Å². The number of benzene rings is 1. The highest BCUT2D eigenvalue weighted by molar-refractivity contribution is 5.96. The molecule has 0 bridgehead atoms. The van der Waals surface area contributed by atoms with E-state index in [4.69, 9.17) is 24.4 Å². The number of aliphatic hydroxyl groups excluding tert-OH is 1. The van der Waals surface area contributed by atoms with Crippen LogP contribution in [0.15, 0.2) is 30.5 Å². The number of hydrogen-bond donors (Lipinski definition) is 3. The van der Waals surface area contributed by atoms with Crippen molar-refractivity contribution in [2.24, 2.45) is 0 Å². The molecule has 0 unspecified atom stereocenters. The van der Waals surface area contributed by atoms with E-state index in [1.165, 1.54) is 0 Å². The monoisotopic (exact) mass is 449 g/mol. The number of aliphatic hydroxyl groups is 1. The van der Waals surface area contributed by atoms with Crippen molar-refractivity contribution in [3.63, 3.8) is 0 Å². The standard InChI is InChI=1S/C23H27N7O3/c1-14-13-32-9-8-30(14)22-19-21(27-23(28-22)29-7-10-33-15(11-29)12-31)26-20(25-19)17-3-2-4-18-16(17)5-6-24-18/h2-6,14-15,24,31H,7-13H2,1H3,(H,25,26,27,28)/t14-,15+/m1/s1. The quantitative estimate of drug-likeness (QED) is 0.433. The van der Waals surface area contributed by atoms with Gasteiger partial charge in [0.05, 0.1) is 38.6 Å². The van der Waals surface area contributed by atoms with Gasteiger partial charge < -0.3 is 34.3 Å². The molecule has 3 aromatic heterocycles. The van der Waals surface area contributed by atoms with Crippen LogP contribution in [-0.4, -0.2) is 88.2 Å². The fraction of sp³-hybridized carbons (Fsp3) is 0.435. The summed E-state index contributed by atoms with van der Waals surface area (Å²) in [5, 5.41) is 10.7. The van der Waals surface area contributed by atoms with Crippen molar-refractivity contribution in [3.8, 4) is 11.4 Å². The van der Waals surface area contributed by atoms with E-state index in [-0.39, 0.29) is 18.8 Å². The highest BCUT2D eigenvalue weighted by Crippen LogP contribution is 2.32. The maximum Gasteiger partial charge on any atom is 0.229 e. The van der Waals surface area contributed by atoms with E-state index < -0.39 is 0 Å². The zero-order valence-electron chi connectivity index (χ0n) is 18.5. The minimum atomic E-state index is -0.243. The van der Waals surface area contributed by atoms with Gasteiger partial charge in [-0.25, -0.2) is 4.98 Å². The summed E-state index contributed by atoms with van der Waals surface area (Å²) in [4.78, 5) is 25.9. The second kappa shape index (κ2) is 8.29. The molecule has 10 heteroatoms. The van der Waals surface area contributed by atoms with Crippen molar-refractivity contribution < 1.29 is 14.6 Å². The summed E-state index contributed by atoms with van der Waals surface area (Å²) in [5.41, 5.74) is 3.52. The Morgan fingerprint density at radius 1 is 1.15 bits per heavy atom. The van der Waals surface area contributed by atoms with Crippen LogP contribution in [0.4, 0.5) is 11.8 Å². The van der Waals surface area contributed by atoms with E-state index in [2.05, 4.69) is 44.9 Å². The molecule has 6 rings (SSSR count). The molecule has 2 aliphatic rings. The fourth-order valence-corrected chi connectivity index (χ4v) is 4.69. The van der Waals surface area contributed by atoms with Crippen LogP contribution in [0.5, 0.6) is 0 Å². The molecule has 0 aliphatic carbocycles. The Bertz CT molecular complexity index is 1290. The summed E-state index contributed by atoms with van der Waals surface area (Å²) >= 11 is 0. The van der Waals surface area contributed by atoms with Gasteiger partial charge in [-0.3, -0.25) is 0 Å². The first-order chi connectivity index (χ1) is 16.2. The average Bonchev–Trinajstić information content (AvgIpc) is 3.51. The minimum Gasteiger partial charge on any atom is -0.394 e. The third-order valence-corrected chi connectivity index (χ3v) is 6.43. The van der Waals surface area contributed by atoms with Crippen LogP contribution in [0, 0.1) is 0 Å². The lowest BCUT2D eigenvalue weighted by molar-refractivity contribution is 0.00315. The number of H-pyrrole nitrogens is 2. The number of nitrogens with one attached hydrogen (secondary N) is 2. The van der Waals surface area contributed by atoms with Gasteiger partial charge in [0, 0.05) is 42.3 Å². The van der Waals surface area contributed by atoms with Crippen molar-refractivity contribution >= 4 is 33.8 Å². The Balaban J connectivity index is 1.50. The van der Waals surface area contributed by atoms with Crippen LogP contribution in [0.25, 0.3) is 33.5 Å². The maximum atomic E-state index is 9.59. The number of anilines is 2. The number of imidazole rings is 1. The number of rotatable bonds is 4. The lowest BCUT2D eigenvalue weighted by Gasteiger charge is -2.36. The van der Waals surface area contributed by atoms with Crippen LogP contribution in [0.1, 0.15) is 6.92 Å². The topological polar surface area (TPSA) is 115 Å². The molecule has 3 N–H and O–H groups in total. The first-order valence-electron chi connectivity index (χ1n) is 11.4. The van der Waals surface area contributed by atoms with Crippen LogP contribution >= 0.6 is 0 Å². The summed E-state index contributed by atoms with van der Waals surface area (Å²) in [7, 11) is 0. The number of aromatic amines is 2. The highest BCUT2D eigenvalue weighted by atomic mass is 16.5. The Labute approximate surface area is 190 Å². The largest absolute Gasteiger partial charge is 0.394 e.